The minimum absolute atomic E-state index is 0.248. The van der Waals surface area contributed by atoms with Crippen molar-refractivity contribution in [3.05, 3.63) is 47.9 Å². The van der Waals surface area contributed by atoms with Crippen molar-refractivity contribution in [1.29, 1.82) is 0 Å². The van der Waals surface area contributed by atoms with Crippen molar-refractivity contribution in [1.82, 2.24) is 4.90 Å². The molecule has 1 aliphatic heterocycles. The van der Waals surface area contributed by atoms with Gasteiger partial charge in [0.2, 0.25) is 5.91 Å². The molecule has 2 heterocycles. The third-order valence-electron chi connectivity index (χ3n) is 3.40. The number of rotatable bonds is 3. The lowest BCUT2D eigenvalue weighted by atomic mass is 10.1. The quantitative estimate of drug-likeness (QED) is 0.771. The number of carbonyl (C=O) groups is 1. The summed E-state index contributed by atoms with van der Waals surface area (Å²) in [6.45, 7) is 5.33. The smallest absolute Gasteiger partial charge is 0.223 e. The normalized spacial score (nSPS) is 19.7. The maximum atomic E-state index is 11.8. The van der Waals surface area contributed by atoms with E-state index >= 15 is 0 Å². The molecule has 0 saturated carbocycles. The zero-order valence-corrected chi connectivity index (χ0v) is 11.0. The van der Waals surface area contributed by atoms with E-state index in [-0.39, 0.29) is 5.91 Å². The van der Waals surface area contributed by atoms with Gasteiger partial charge in [0, 0.05) is 28.5 Å². The summed E-state index contributed by atoms with van der Waals surface area (Å²) in [5.74, 6) is 0.573. The van der Waals surface area contributed by atoms with Crippen molar-refractivity contribution in [3.63, 3.8) is 0 Å². The summed E-state index contributed by atoms with van der Waals surface area (Å²) in [5, 5.41) is 1.27. The highest BCUT2D eigenvalue weighted by molar-refractivity contribution is 7.19. The average molecular weight is 257 g/mol. The summed E-state index contributed by atoms with van der Waals surface area (Å²) in [4.78, 5) is 15.0. The molecule has 3 heteroatoms. The first-order valence-electron chi connectivity index (χ1n) is 6.14. The van der Waals surface area contributed by atoms with Crippen LogP contribution in [-0.2, 0) is 11.3 Å². The Balaban J connectivity index is 1.80. The van der Waals surface area contributed by atoms with Crippen LogP contribution in [0.25, 0.3) is 10.1 Å². The molecular formula is C15H15NOS. The number of hydrogen-bond acceptors (Lipinski definition) is 2. The molecule has 2 aromatic rings. The Labute approximate surface area is 111 Å². The van der Waals surface area contributed by atoms with Gasteiger partial charge >= 0.3 is 0 Å². The van der Waals surface area contributed by atoms with Crippen LogP contribution in [0.2, 0.25) is 0 Å². The van der Waals surface area contributed by atoms with Gasteiger partial charge in [0.05, 0.1) is 6.54 Å². The van der Waals surface area contributed by atoms with Crippen LogP contribution in [-0.4, -0.2) is 17.4 Å². The largest absolute Gasteiger partial charge is 0.337 e. The molecular weight excluding hydrogens is 242 g/mol. The molecule has 1 atom stereocenters. The van der Waals surface area contributed by atoms with Gasteiger partial charge < -0.3 is 4.90 Å². The van der Waals surface area contributed by atoms with Gasteiger partial charge in [-0.05, 0) is 17.5 Å². The van der Waals surface area contributed by atoms with Crippen molar-refractivity contribution in [2.24, 2.45) is 5.92 Å². The summed E-state index contributed by atoms with van der Waals surface area (Å²) in [7, 11) is 0. The van der Waals surface area contributed by atoms with Gasteiger partial charge in [0.1, 0.15) is 0 Å². The Bertz CT molecular complexity index is 568. The number of nitrogens with zero attached hydrogens (tertiary/aromatic N) is 1. The summed E-state index contributed by atoms with van der Waals surface area (Å²) in [6.07, 6.45) is 2.51. The van der Waals surface area contributed by atoms with Gasteiger partial charge in [-0.3, -0.25) is 4.79 Å². The van der Waals surface area contributed by atoms with E-state index in [0.29, 0.717) is 12.3 Å². The molecule has 1 unspecified atom stereocenters. The van der Waals surface area contributed by atoms with Crippen LogP contribution in [0.5, 0.6) is 0 Å². The molecule has 1 aliphatic rings. The minimum atomic E-state index is 0.248. The van der Waals surface area contributed by atoms with Crippen LogP contribution < -0.4 is 0 Å². The monoisotopic (exact) mass is 257 g/mol. The van der Waals surface area contributed by atoms with Crippen molar-refractivity contribution in [2.45, 2.75) is 13.0 Å². The molecule has 92 valence electrons. The van der Waals surface area contributed by atoms with Gasteiger partial charge in [-0.2, -0.15) is 0 Å². The fourth-order valence-corrected chi connectivity index (χ4v) is 3.50. The van der Waals surface area contributed by atoms with E-state index in [0.717, 1.165) is 13.1 Å². The first kappa shape index (κ1) is 11.5. The predicted octanol–water partition coefficient (Wildman–Crippen LogP) is 3.44. The second-order valence-corrected chi connectivity index (χ2v) is 5.89. The Morgan fingerprint density at radius 1 is 1.44 bits per heavy atom. The molecule has 1 fully saturated rings. The molecule has 18 heavy (non-hydrogen) atoms. The Morgan fingerprint density at radius 2 is 2.28 bits per heavy atom. The van der Waals surface area contributed by atoms with Crippen LogP contribution in [0.15, 0.2) is 43.0 Å². The maximum Gasteiger partial charge on any atom is 0.223 e. The van der Waals surface area contributed by atoms with E-state index in [1.54, 1.807) is 11.3 Å². The molecule has 2 nitrogen and oxygen atoms in total. The van der Waals surface area contributed by atoms with Crippen LogP contribution in [0.3, 0.4) is 0 Å². The predicted molar refractivity (Wildman–Crippen MR) is 75.5 cm³/mol. The number of fused-ring (bicyclic) bond motifs is 1. The van der Waals surface area contributed by atoms with E-state index in [1.165, 1.54) is 15.0 Å². The highest BCUT2D eigenvalue weighted by Crippen LogP contribution is 2.28. The highest BCUT2D eigenvalue weighted by Gasteiger charge is 2.27. The van der Waals surface area contributed by atoms with Gasteiger partial charge in [-0.1, -0.05) is 24.3 Å². The lowest BCUT2D eigenvalue weighted by Gasteiger charge is -2.14. The molecule has 1 aromatic heterocycles. The maximum absolute atomic E-state index is 11.8. The molecule has 1 saturated heterocycles. The van der Waals surface area contributed by atoms with Crippen LogP contribution in [0.1, 0.15) is 11.3 Å². The third-order valence-corrected chi connectivity index (χ3v) is 4.50. The summed E-state index contributed by atoms with van der Waals surface area (Å²) in [5.41, 5.74) is 0. The van der Waals surface area contributed by atoms with Crippen molar-refractivity contribution in [3.8, 4) is 0 Å². The van der Waals surface area contributed by atoms with E-state index in [4.69, 9.17) is 0 Å². The van der Waals surface area contributed by atoms with E-state index in [1.807, 2.05) is 17.0 Å². The Hall–Kier alpha value is -1.61. The van der Waals surface area contributed by atoms with Crippen LogP contribution >= 0.6 is 11.3 Å². The zero-order valence-electron chi connectivity index (χ0n) is 10.1. The second-order valence-electron chi connectivity index (χ2n) is 4.72. The summed E-state index contributed by atoms with van der Waals surface area (Å²) in [6, 6.07) is 10.5. The van der Waals surface area contributed by atoms with E-state index in [2.05, 4.69) is 30.8 Å². The number of amides is 1. The van der Waals surface area contributed by atoms with Crippen molar-refractivity contribution in [2.75, 3.05) is 6.54 Å². The second kappa shape index (κ2) is 4.58. The zero-order chi connectivity index (χ0) is 12.5. The van der Waals surface area contributed by atoms with E-state index < -0.39 is 0 Å². The Morgan fingerprint density at radius 3 is 3.00 bits per heavy atom. The summed E-state index contributed by atoms with van der Waals surface area (Å²) < 4.78 is 1.29. The number of hydrogen-bond donors (Lipinski definition) is 0. The number of thiophene rings is 1. The van der Waals surface area contributed by atoms with Gasteiger partial charge in [0.25, 0.3) is 0 Å². The lowest BCUT2D eigenvalue weighted by molar-refractivity contribution is -0.128. The van der Waals surface area contributed by atoms with Gasteiger partial charge in [-0.25, -0.2) is 0 Å². The third kappa shape index (κ3) is 2.06. The Kier molecular flexibility index (Phi) is 2.92. The average Bonchev–Trinajstić information content (AvgIpc) is 2.93. The number of benzene rings is 1. The fraction of sp³-hybridized carbons (Fsp3) is 0.267. The fourth-order valence-electron chi connectivity index (χ4n) is 2.42. The van der Waals surface area contributed by atoms with Crippen LogP contribution in [0, 0.1) is 5.92 Å². The lowest BCUT2D eigenvalue weighted by Crippen LogP contribution is -2.23. The van der Waals surface area contributed by atoms with Gasteiger partial charge in [0.15, 0.2) is 0 Å². The topological polar surface area (TPSA) is 20.3 Å². The molecule has 0 aliphatic carbocycles. The molecule has 0 N–H and O–H groups in total. The SMILES string of the molecule is C=CC1CC(=O)N(Cc2cc3ccccc3s2)C1. The molecule has 3 rings (SSSR count). The first-order chi connectivity index (χ1) is 8.76. The molecule has 0 bridgehead atoms. The standard InChI is InChI=1S/C15H15NOS/c1-2-11-7-15(17)16(9-11)10-13-8-12-5-3-4-6-14(12)18-13/h2-6,8,11H,1,7,9-10H2. The molecule has 0 spiro atoms. The van der Waals surface area contributed by atoms with Crippen molar-refractivity contribution >= 4 is 27.3 Å². The number of likely N-dealkylation sites (tertiary alicyclic amines) is 1. The van der Waals surface area contributed by atoms with E-state index in [9.17, 15) is 4.79 Å². The van der Waals surface area contributed by atoms with Crippen molar-refractivity contribution < 1.29 is 4.79 Å². The van der Waals surface area contributed by atoms with Gasteiger partial charge in [-0.15, -0.1) is 17.9 Å². The molecule has 1 aromatic carbocycles. The van der Waals surface area contributed by atoms with Crippen LogP contribution in [0.4, 0.5) is 0 Å². The summed E-state index contributed by atoms with van der Waals surface area (Å²) >= 11 is 1.78. The first-order valence-corrected chi connectivity index (χ1v) is 6.95. The number of carbonyl (C=O) groups excluding carboxylic acids is 1. The minimum Gasteiger partial charge on any atom is -0.337 e. The highest BCUT2D eigenvalue weighted by atomic mass is 32.1. The molecule has 1 amide bonds. The molecule has 0 radical (unpaired) electrons.